The van der Waals surface area contributed by atoms with Gasteiger partial charge in [-0.2, -0.15) is 0 Å². The zero-order chi connectivity index (χ0) is 27.1. The maximum atomic E-state index is 14.6. The molecule has 0 saturated carbocycles. The van der Waals surface area contributed by atoms with Gasteiger partial charge in [0.25, 0.3) is 5.97 Å². The van der Waals surface area contributed by atoms with Crippen LogP contribution in [0, 0.1) is 35.0 Å². The molecule has 0 aromatic heterocycles. The molecule has 0 amide bonds. The predicted molar refractivity (Wildman–Crippen MR) is 132 cm³/mol. The van der Waals surface area contributed by atoms with Gasteiger partial charge in [0.2, 0.25) is 5.82 Å². The summed E-state index contributed by atoms with van der Waals surface area (Å²) < 4.78 is 89.3. The lowest BCUT2D eigenvalue weighted by atomic mass is 9.84. The van der Waals surface area contributed by atoms with Gasteiger partial charge in [-0.3, -0.25) is 0 Å². The highest BCUT2D eigenvalue weighted by molar-refractivity contribution is 5.27. The van der Waals surface area contributed by atoms with Gasteiger partial charge in [-0.25, -0.2) is 22.0 Å². The van der Waals surface area contributed by atoms with Crippen molar-refractivity contribution in [2.24, 2.45) is 5.92 Å². The van der Waals surface area contributed by atoms with Crippen LogP contribution in [0.2, 0.25) is 0 Å². The maximum absolute atomic E-state index is 14.6. The highest BCUT2D eigenvalue weighted by atomic mass is 19.2. The average molecular weight is 525 g/mol. The second-order valence-electron chi connectivity index (χ2n) is 9.52. The van der Waals surface area contributed by atoms with Gasteiger partial charge in [-0.1, -0.05) is 73.1 Å². The fraction of sp³-hybridized carbons (Fsp3) is 0.786. The predicted octanol–water partition coefficient (Wildman–Crippen LogP) is 9.18. The number of unbranched alkanes of at least 4 members (excludes halogenated alkanes) is 5. The molecule has 8 heteroatoms. The molecule has 0 aliphatic carbocycles. The zero-order valence-corrected chi connectivity index (χ0v) is 22.7. The Kier molecular flexibility index (Phi) is 15.7. The van der Waals surface area contributed by atoms with Gasteiger partial charge < -0.3 is 14.2 Å². The topological polar surface area (TPSA) is 27.7 Å². The first kappa shape index (κ1) is 32.8. The van der Waals surface area contributed by atoms with Crippen LogP contribution >= 0.6 is 0 Å². The second-order valence-corrected chi connectivity index (χ2v) is 9.52. The minimum absolute atomic E-state index is 0.0739. The third-order valence-corrected chi connectivity index (χ3v) is 6.30. The van der Waals surface area contributed by atoms with Gasteiger partial charge >= 0.3 is 0 Å². The van der Waals surface area contributed by atoms with Crippen molar-refractivity contribution in [1.29, 1.82) is 0 Å². The number of hydrogen-bond donors (Lipinski definition) is 0. The normalized spacial score (nSPS) is 13.8. The number of hydrogen-bond acceptors (Lipinski definition) is 3. The summed E-state index contributed by atoms with van der Waals surface area (Å²) in [5, 5.41) is 0. The second kappa shape index (κ2) is 17.3. The lowest BCUT2D eigenvalue weighted by molar-refractivity contribution is -0.407. The van der Waals surface area contributed by atoms with Crippen LogP contribution in [0.15, 0.2) is 0 Å². The number of benzene rings is 1. The van der Waals surface area contributed by atoms with Crippen LogP contribution < -0.4 is 0 Å². The first-order chi connectivity index (χ1) is 17.2. The number of rotatable bonds is 20. The van der Waals surface area contributed by atoms with Crippen LogP contribution in [0.4, 0.5) is 22.0 Å². The Bertz CT molecular complexity index is 708. The summed E-state index contributed by atoms with van der Waals surface area (Å²) in [5.74, 6) is -12.5. The summed E-state index contributed by atoms with van der Waals surface area (Å²) in [6.45, 7) is 10.5. The van der Waals surface area contributed by atoms with Crippen molar-refractivity contribution in [2.75, 3.05) is 19.8 Å². The molecule has 2 atom stereocenters. The molecule has 0 heterocycles. The van der Waals surface area contributed by atoms with Crippen molar-refractivity contribution in [3.63, 3.8) is 0 Å². The number of halogens is 5. The molecule has 0 radical (unpaired) electrons. The Labute approximate surface area is 214 Å². The third-order valence-electron chi connectivity index (χ3n) is 6.30. The average Bonchev–Trinajstić information content (AvgIpc) is 2.87. The van der Waals surface area contributed by atoms with E-state index in [0.29, 0.717) is 45.5 Å². The highest BCUT2D eigenvalue weighted by Crippen LogP contribution is 2.40. The molecule has 0 saturated heterocycles. The summed E-state index contributed by atoms with van der Waals surface area (Å²) in [4.78, 5) is 0. The van der Waals surface area contributed by atoms with Gasteiger partial charge in [-0.15, -0.1) is 0 Å². The Hall–Kier alpha value is -1.25. The van der Waals surface area contributed by atoms with Crippen LogP contribution in [0.5, 0.6) is 0 Å². The SMILES string of the molecule is CCCCCCCCC(CC(C)c1c(F)c(F)c(F)c(F)c1F)C(OCCC)(OCCC)OCCC. The third kappa shape index (κ3) is 9.25. The Balaban J connectivity index is 3.35. The molecule has 0 aliphatic heterocycles. The summed E-state index contributed by atoms with van der Waals surface area (Å²) in [5.41, 5.74) is -0.810. The molecule has 1 rings (SSSR count). The van der Waals surface area contributed by atoms with Gasteiger partial charge in [0, 0.05) is 11.5 Å². The zero-order valence-electron chi connectivity index (χ0n) is 22.7. The molecule has 0 N–H and O–H groups in total. The highest BCUT2D eigenvalue weighted by Gasteiger charge is 2.44. The lowest BCUT2D eigenvalue weighted by Gasteiger charge is -2.41. The quantitative estimate of drug-likeness (QED) is 0.0559. The van der Waals surface area contributed by atoms with Crippen molar-refractivity contribution in [2.45, 2.75) is 117 Å². The Morgan fingerprint density at radius 3 is 1.44 bits per heavy atom. The van der Waals surface area contributed by atoms with E-state index in [2.05, 4.69) is 6.92 Å². The summed E-state index contributed by atoms with van der Waals surface area (Å²) in [7, 11) is 0. The largest absolute Gasteiger partial charge is 0.327 e. The van der Waals surface area contributed by atoms with Gasteiger partial charge in [0.1, 0.15) is 0 Å². The minimum Gasteiger partial charge on any atom is -0.327 e. The standard InChI is InChI=1S/C28H45F5O3/c1-6-10-11-12-13-14-15-21(28(34-16-7-2,35-17-8-3)36-18-9-4)19-20(5)22-23(29)25(31)27(33)26(32)24(22)30/h20-21H,6-19H2,1-5H3. The van der Waals surface area contributed by atoms with Gasteiger partial charge in [-0.05, 0) is 38.0 Å². The molecule has 0 aliphatic rings. The van der Waals surface area contributed by atoms with Crippen LogP contribution in [-0.4, -0.2) is 25.8 Å². The molecule has 0 spiro atoms. The lowest BCUT2D eigenvalue weighted by Crippen LogP contribution is -2.48. The first-order valence-electron chi connectivity index (χ1n) is 13.6. The smallest absolute Gasteiger partial charge is 0.285 e. The summed E-state index contributed by atoms with van der Waals surface area (Å²) in [6, 6.07) is 0. The molecule has 1 aromatic rings. The molecule has 0 bridgehead atoms. The van der Waals surface area contributed by atoms with Crippen molar-refractivity contribution in [1.82, 2.24) is 0 Å². The fourth-order valence-electron chi connectivity index (χ4n) is 4.42. The van der Waals surface area contributed by atoms with Crippen LogP contribution in [0.3, 0.4) is 0 Å². The fourth-order valence-corrected chi connectivity index (χ4v) is 4.42. The molecule has 36 heavy (non-hydrogen) atoms. The van der Waals surface area contributed by atoms with E-state index in [-0.39, 0.29) is 6.42 Å². The van der Waals surface area contributed by atoms with Crippen LogP contribution in [0.1, 0.15) is 117 Å². The van der Waals surface area contributed by atoms with Crippen LogP contribution in [0.25, 0.3) is 0 Å². The van der Waals surface area contributed by atoms with E-state index in [1.807, 2.05) is 20.8 Å². The summed E-state index contributed by atoms with van der Waals surface area (Å²) >= 11 is 0. The van der Waals surface area contributed by atoms with E-state index in [4.69, 9.17) is 14.2 Å². The molecular weight excluding hydrogens is 479 g/mol. The monoisotopic (exact) mass is 524 g/mol. The van der Waals surface area contributed by atoms with E-state index in [0.717, 1.165) is 38.5 Å². The first-order valence-corrected chi connectivity index (χ1v) is 13.6. The molecule has 3 nitrogen and oxygen atoms in total. The van der Waals surface area contributed by atoms with Gasteiger partial charge in [0.05, 0.1) is 19.8 Å². The van der Waals surface area contributed by atoms with E-state index >= 15 is 0 Å². The number of ether oxygens (including phenoxy) is 3. The molecule has 210 valence electrons. The van der Waals surface area contributed by atoms with E-state index in [9.17, 15) is 22.0 Å². The van der Waals surface area contributed by atoms with Crippen molar-refractivity contribution < 1.29 is 36.2 Å². The van der Waals surface area contributed by atoms with Crippen molar-refractivity contribution >= 4 is 0 Å². The van der Waals surface area contributed by atoms with Crippen molar-refractivity contribution in [3.8, 4) is 0 Å². The summed E-state index contributed by atoms with van der Waals surface area (Å²) in [6.07, 6.45) is 8.97. The Morgan fingerprint density at radius 2 is 1.00 bits per heavy atom. The van der Waals surface area contributed by atoms with Gasteiger partial charge in [0.15, 0.2) is 23.3 Å². The maximum Gasteiger partial charge on any atom is 0.285 e. The molecule has 1 aromatic carbocycles. The Morgan fingerprint density at radius 1 is 0.583 bits per heavy atom. The molecule has 0 fully saturated rings. The van der Waals surface area contributed by atoms with Crippen molar-refractivity contribution in [3.05, 3.63) is 34.6 Å². The minimum atomic E-state index is -2.15. The molecule has 2 unspecified atom stereocenters. The molecular formula is C28H45F5O3. The van der Waals surface area contributed by atoms with E-state index < -0.39 is 52.5 Å². The van der Waals surface area contributed by atoms with Crippen LogP contribution in [-0.2, 0) is 14.2 Å². The van der Waals surface area contributed by atoms with E-state index in [1.165, 1.54) is 6.92 Å². The van der Waals surface area contributed by atoms with E-state index in [1.54, 1.807) is 0 Å².